The van der Waals surface area contributed by atoms with E-state index in [0.717, 1.165) is 4.57 Å². The number of aryl methyl sites for hydroxylation is 1. The highest BCUT2D eigenvalue weighted by atomic mass is 16.1. The Balaban J connectivity index is 1.65. The first kappa shape index (κ1) is 13.3. The van der Waals surface area contributed by atoms with Crippen molar-refractivity contribution in [1.29, 1.82) is 0 Å². The summed E-state index contributed by atoms with van der Waals surface area (Å²) in [6.45, 7) is -0.164. The van der Waals surface area contributed by atoms with Crippen LogP contribution in [0.1, 0.15) is 42.3 Å². The summed E-state index contributed by atoms with van der Waals surface area (Å²) >= 11 is 0. The van der Waals surface area contributed by atoms with Crippen LogP contribution in [-0.2, 0) is 0 Å². The second-order valence-electron chi connectivity index (χ2n) is 7.55. The Bertz CT molecular complexity index is 2070. The molecule has 3 aromatic heterocycles. The summed E-state index contributed by atoms with van der Waals surface area (Å²) < 4.78 is 93.2. The third-order valence-electron chi connectivity index (χ3n) is 4.80. The fourth-order valence-corrected chi connectivity index (χ4v) is 3.19. The van der Waals surface area contributed by atoms with Gasteiger partial charge in [-0.25, -0.2) is 15.0 Å². The minimum Gasteiger partial charge on any atom is -0.324 e. The van der Waals surface area contributed by atoms with Gasteiger partial charge in [0.05, 0.1) is 27.3 Å². The van der Waals surface area contributed by atoms with Crippen molar-refractivity contribution >= 4 is 23.2 Å². The van der Waals surface area contributed by atoms with E-state index in [-0.39, 0.29) is 35.1 Å². The molecule has 3 heterocycles. The van der Waals surface area contributed by atoms with Gasteiger partial charge in [-0.05, 0) is 80.2 Å². The first-order chi connectivity index (χ1) is 22.0. The topological polar surface area (TPSA) is 97.6 Å². The van der Waals surface area contributed by atoms with Crippen molar-refractivity contribution in [3.8, 4) is 16.9 Å². The maximum atomic E-state index is 13.8. The molecule has 0 saturated heterocycles. The summed E-state index contributed by atoms with van der Waals surface area (Å²) in [6.07, 6.45) is 3.75. The van der Waals surface area contributed by atoms with Gasteiger partial charge in [0.1, 0.15) is 1.37 Å². The number of anilines is 3. The predicted molar refractivity (Wildman–Crippen MR) is 141 cm³/mol. The molecule has 36 heavy (non-hydrogen) atoms. The molecule has 5 rings (SSSR count). The molecule has 0 aliphatic carbocycles. The quantitative estimate of drug-likeness (QED) is 0.322. The molecule has 1 amide bonds. The van der Waals surface area contributed by atoms with E-state index in [1.807, 2.05) is 0 Å². The average molecular weight is 487 g/mol. The normalized spacial score (nSPS) is 15.4. The van der Waals surface area contributed by atoms with Gasteiger partial charge in [-0.1, -0.05) is 6.04 Å². The van der Waals surface area contributed by atoms with E-state index in [4.69, 9.17) is 15.1 Å². The Kier molecular flexibility index (Phi) is 3.62. The minimum absolute atomic E-state index is 0.0134. The second kappa shape index (κ2) is 9.79. The van der Waals surface area contributed by atoms with Crippen molar-refractivity contribution < 1.29 is 19.9 Å². The van der Waals surface area contributed by atoms with Crippen LogP contribution in [0.25, 0.3) is 16.9 Å². The molecule has 0 radical (unpaired) electrons. The molecule has 2 aromatic carbocycles. The maximum absolute atomic E-state index is 13.8. The molecule has 2 N–H and O–H groups in total. The van der Waals surface area contributed by atoms with Gasteiger partial charge in [0.15, 0.2) is 0 Å². The molecule has 8 heteroatoms. The van der Waals surface area contributed by atoms with Crippen LogP contribution >= 0.6 is 0 Å². The Morgan fingerprint density at radius 3 is 2.78 bits per heavy atom. The number of rotatable bonds is 6. The lowest BCUT2D eigenvalue weighted by Crippen LogP contribution is -2.13. The highest BCUT2D eigenvalue weighted by molar-refractivity contribution is 6.05. The van der Waals surface area contributed by atoms with Crippen molar-refractivity contribution in [3.05, 3.63) is 108 Å². The van der Waals surface area contributed by atoms with Crippen molar-refractivity contribution in [2.45, 2.75) is 20.7 Å². The van der Waals surface area contributed by atoms with Crippen molar-refractivity contribution in [2.24, 2.45) is 0 Å². The molecule has 8 nitrogen and oxygen atoms in total. The van der Waals surface area contributed by atoms with Crippen LogP contribution in [0, 0.1) is 20.7 Å². The summed E-state index contributed by atoms with van der Waals surface area (Å²) in [5.41, 5.74) is -1.62. The van der Waals surface area contributed by atoms with Crippen LogP contribution in [0.2, 0.25) is 0 Å². The van der Waals surface area contributed by atoms with E-state index in [9.17, 15) is 4.79 Å². The lowest BCUT2D eigenvalue weighted by Gasteiger charge is -2.13. The third kappa shape index (κ3) is 5.12. The van der Waals surface area contributed by atoms with E-state index in [1.54, 1.807) is 30.6 Å². The number of aromatic nitrogens is 5. The molecule has 0 atom stereocenters. The maximum Gasteiger partial charge on any atom is 0.255 e. The van der Waals surface area contributed by atoms with E-state index in [0.29, 0.717) is 11.3 Å². The Morgan fingerprint density at radius 1 is 1.08 bits per heavy atom. The number of carbonyl (C=O) groups is 1. The number of hydrogen-bond acceptors (Lipinski definition) is 6. The molecule has 5 aromatic rings. The lowest BCUT2D eigenvalue weighted by atomic mass is 10.1. The predicted octanol–water partition coefficient (Wildman–Crippen LogP) is 5.65. The summed E-state index contributed by atoms with van der Waals surface area (Å²) in [7, 11) is 0. The zero-order valence-electron chi connectivity index (χ0n) is 30.1. The molecule has 0 aliphatic rings. The molecule has 0 unspecified atom stereocenters. The van der Waals surface area contributed by atoms with Gasteiger partial charge in [0.25, 0.3) is 5.91 Å². The van der Waals surface area contributed by atoms with Gasteiger partial charge >= 0.3 is 0 Å². The van der Waals surface area contributed by atoms with E-state index in [2.05, 4.69) is 30.6 Å². The summed E-state index contributed by atoms with van der Waals surface area (Å²) in [5, 5.41) is 4.97. The van der Waals surface area contributed by atoms with E-state index < -0.39 is 71.8 Å². The molecule has 0 saturated carbocycles. The summed E-state index contributed by atoms with van der Waals surface area (Å²) in [4.78, 5) is 30.1. The van der Waals surface area contributed by atoms with Crippen molar-refractivity contribution in [3.63, 3.8) is 0 Å². The number of benzene rings is 2. The number of nitrogens with zero attached hydrogens (tertiary/aromatic N) is 5. The second-order valence-corrected chi connectivity index (χ2v) is 7.55. The fourth-order valence-electron chi connectivity index (χ4n) is 3.19. The van der Waals surface area contributed by atoms with Crippen LogP contribution in [0.3, 0.4) is 0 Å². The average Bonchev–Trinajstić information content (AvgIpc) is 3.27. The monoisotopic (exact) mass is 486 g/mol. The van der Waals surface area contributed by atoms with Crippen LogP contribution in [-0.4, -0.2) is 30.4 Å². The Labute approximate surface area is 224 Å². The number of carbonyl (C=O) groups excluding carboxylic acids is 1. The number of pyridine rings is 1. The summed E-state index contributed by atoms with van der Waals surface area (Å²) in [5.74, 6) is -1.39. The van der Waals surface area contributed by atoms with Crippen LogP contribution in [0.5, 0.6) is 0 Å². The molecule has 0 spiro atoms. The van der Waals surface area contributed by atoms with Crippen molar-refractivity contribution in [2.75, 3.05) is 10.6 Å². The molecular weight excluding hydrogens is 450 g/mol. The highest BCUT2D eigenvalue weighted by Gasteiger charge is 2.12. The Morgan fingerprint density at radius 2 is 2.00 bits per heavy atom. The SMILES string of the molecule is [2H]c1c(C)c([2H])c(-n2c([2H])nc(C)c2[2H])c([2H])c1NC(=O)c1c([2H])c([2H])c(C([2H])([2H])[2H])c(Nc2nccc(-c3cccnc3)n2)c1[2H]. The van der Waals surface area contributed by atoms with Gasteiger partial charge in [0, 0.05) is 57.1 Å². The minimum atomic E-state index is -3.01. The van der Waals surface area contributed by atoms with Gasteiger partial charge in [-0.2, -0.15) is 0 Å². The standard InChI is InChI=1S/C28H25N7O/c1-18-11-23(14-24(12-18)35-16-20(3)31-17-35)32-27(36)21-7-6-19(2)26(13-21)34-28-30-10-8-25(33-28)22-5-4-9-29-15-22/h4-17H,1-3H3,(H,32,36)(H,30,33,34)/i2D3,6D,7D,11D,12D,13D,14D,16D,17D. The van der Waals surface area contributed by atoms with Crippen LogP contribution in [0.4, 0.5) is 17.3 Å². The van der Waals surface area contributed by atoms with Gasteiger partial charge in [0.2, 0.25) is 5.95 Å². The molecular formula is C28H25N7O. The number of amides is 1. The molecule has 0 aliphatic heterocycles. The van der Waals surface area contributed by atoms with Crippen LogP contribution in [0.15, 0.2) is 85.5 Å². The number of nitrogens with one attached hydrogen (secondary N) is 2. The Hall–Kier alpha value is -4.85. The molecule has 0 fully saturated rings. The van der Waals surface area contributed by atoms with Gasteiger partial charge < -0.3 is 15.2 Å². The van der Waals surface area contributed by atoms with Gasteiger partial charge in [-0.15, -0.1) is 0 Å². The van der Waals surface area contributed by atoms with E-state index >= 15 is 0 Å². The van der Waals surface area contributed by atoms with E-state index in [1.165, 1.54) is 20.0 Å². The van der Waals surface area contributed by atoms with Crippen molar-refractivity contribution in [1.82, 2.24) is 24.5 Å². The molecule has 178 valence electrons. The third-order valence-corrected chi connectivity index (χ3v) is 4.80. The first-order valence-corrected chi connectivity index (χ1v) is 10.6. The fraction of sp³-hybridized carbons (Fsp3) is 0.107. The lowest BCUT2D eigenvalue weighted by molar-refractivity contribution is 0.102. The highest BCUT2D eigenvalue weighted by Crippen LogP contribution is 2.24. The first-order valence-electron chi connectivity index (χ1n) is 16.1. The summed E-state index contributed by atoms with van der Waals surface area (Å²) in [6, 6.07) is 1.02. The number of imidazole rings is 1. The molecule has 0 bridgehead atoms. The number of hydrogen-bond donors (Lipinski definition) is 2. The smallest absolute Gasteiger partial charge is 0.255 e. The zero-order valence-corrected chi connectivity index (χ0v) is 19.1. The largest absolute Gasteiger partial charge is 0.324 e. The van der Waals surface area contributed by atoms with Crippen LogP contribution < -0.4 is 10.6 Å². The zero-order chi connectivity index (χ0) is 34.5. The van der Waals surface area contributed by atoms with Gasteiger partial charge in [-0.3, -0.25) is 9.78 Å².